The van der Waals surface area contributed by atoms with Gasteiger partial charge in [0.05, 0.1) is 75.4 Å². The highest BCUT2D eigenvalue weighted by atomic mass is 15.0. The van der Waals surface area contributed by atoms with E-state index in [-0.39, 0.29) is 0 Å². The van der Waals surface area contributed by atoms with Crippen molar-refractivity contribution >= 4 is 27.5 Å². The van der Waals surface area contributed by atoms with Crippen molar-refractivity contribution in [1.29, 1.82) is 15.8 Å². The van der Waals surface area contributed by atoms with Crippen molar-refractivity contribution in [2.45, 2.75) is 0 Å². The maximum atomic E-state index is 10.4. The molecule has 12 rings (SSSR count). The van der Waals surface area contributed by atoms with Crippen LogP contribution in [0.3, 0.4) is 0 Å². The summed E-state index contributed by atoms with van der Waals surface area (Å²) in [5.74, 6) is 1.06. The van der Waals surface area contributed by atoms with Gasteiger partial charge in [-0.15, -0.1) is 0 Å². The molecule has 75 heavy (non-hydrogen) atoms. The molecule has 0 N–H and O–H groups in total. The molecule has 0 fully saturated rings. The largest absolute Gasteiger partial charge is 0.309 e. The number of hydrogen-bond donors (Lipinski definition) is 0. The van der Waals surface area contributed by atoms with Crippen LogP contribution in [0.25, 0.3) is 122 Å². The van der Waals surface area contributed by atoms with E-state index in [4.69, 9.17) is 26.5 Å². The van der Waals surface area contributed by atoms with E-state index in [0.29, 0.717) is 50.8 Å². The smallest absolute Gasteiger partial charge is 0.196 e. The van der Waals surface area contributed by atoms with E-state index in [1.807, 2.05) is 164 Å². The molecule has 0 unspecified atom stereocenters. The maximum Gasteiger partial charge on any atom is 0.196 e. The Kier molecular flexibility index (Phi) is 11.6. The van der Waals surface area contributed by atoms with Gasteiger partial charge in [0.15, 0.2) is 17.3 Å². The highest BCUT2D eigenvalue weighted by Crippen LogP contribution is 2.43. The minimum Gasteiger partial charge on any atom is -0.309 e. The topological polar surface area (TPSA) is 132 Å². The van der Waals surface area contributed by atoms with Crippen LogP contribution in [0.2, 0.25) is 0 Å². The third-order valence-electron chi connectivity index (χ3n) is 13.4. The molecule has 9 nitrogen and oxygen atoms in total. The van der Waals surface area contributed by atoms with Crippen LogP contribution in [-0.2, 0) is 0 Å². The number of benzene rings is 9. The Labute approximate surface area is 432 Å². The number of fused-ring (bicyclic) bond motifs is 3. The molecule has 3 aromatic heterocycles. The predicted octanol–water partition coefficient (Wildman–Crippen LogP) is 15.9. The Morgan fingerprint density at radius 3 is 1.33 bits per heavy atom. The first-order valence-electron chi connectivity index (χ1n) is 24.1. The van der Waals surface area contributed by atoms with Gasteiger partial charge in [-0.25, -0.2) is 24.8 Å². The molecule has 0 bridgehead atoms. The van der Waals surface area contributed by atoms with Crippen LogP contribution < -0.4 is 0 Å². The molecule has 0 aliphatic rings. The summed E-state index contributed by atoms with van der Waals surface area (Å²) < 4.78 is 2.22. The molecule has 3 heterocycles. The second kappa shape index (κ2) is 19.2. The molecule has 0 aliphatic heterocycles. The number of nitrogens with zero attached hydrogens (tertiary/aromatic N) is 9. The molecule has 0 saturated carbocycles. The molecule has 9 heteroatoms. The Balaban J connectivity index is 1.19. The van der Waals surface area contributed by atoms with Crippen molar-refractivity contribution in [2.24, 2.45) is 0 Å². The molecule has 0 saturated heterocycles. The van der Waals surface area contributed by atoms with E-state index in [1.165, 1.54) is 0 Å². The highest BCUT2D eigenvalue weighted by molar-refractivity contribution is 6.12. The van der Waals surface area contributed by atoms with Gasteiger partial charge in [0.1, 0.15) is 0 Å². The lowest BCUT2D eigenvalue weighted by Gasteiger charge is -2.18. The Hall–Kier alpha value is -11.1. The second-order valence-corrected chi connectivity index (χ2v) is 17.9. The molecule has 0 spiro atoms. The van der Waals surface area contributed by atoms with Crippen LogP contribution >= 0.6 is 0 Å². The van der Waals surface area contributed by atoms with Crippen LogP contribution in [-0.4, -0.2) is 24.5 Å². The van der Waals surface area contributed by atoms with Gasteiger partial charge in [-0.3, -0.25) is 0 Å². The van der Waals surface area contributed by atoms with Gasteiger partial charge in [-0.05, 0) is 89.0 Å². The van der Waals surface area contributed by atoms with Crippen LogP contribution in [0.15, 0.2) is 224 Å². The number of hydrogen-bond acceptors (Lipinski definition) is 7. The lowest BCUT2D eigenvalue weighted by atomic mass is 9.97. The van der Waals surface area contributed by atoms with E-state index >= 15 is 0 Å². The SMILES string of the molecule is [C-]#[N+]c1cc(C#N)ccc1-c1ccc2c3ccc(-c4ccc(C#N)cc4C#N)cc3n(-c3ccc(-c4nc(-c5ccccc5)cc(-c5ccccc5)n4)cc3-c3cc(-c4ccccc4)nc(-c4ccccc4)n3)c2c1. The van der Waals surface area contributed by atoms with Crippen LogP contribution in [0.5, 0.6) is 0 Å². The summed E-state index contributed by atoms with van der Waals surface area (Å²) in [6, 6.07) is 79.9. The summed E-state index contributed by atoms with van der Waals surface area (Å²) in [4.78, 5) is 25.0. The van der Waals surface area contributed by atoms with Gasteiger partial charge in [0.25, 0.3) is 0 Å². The first-order valence-corrected chi connectivity index (χ1v) is 24.1. The average molecular weight is 956 g/mol. The summed E-state index contributed by atoms with van der Waals surface area (Å²) in [7, 11) is 0. The summed E-state index contributed by atoms with van der Waals surface area (Å²) in [5, 5.41) is 31.8. The van der Waals surface area contributed by atoms with Gasteiger partial charge in [-0.2, -0.15) is 15.8 Å². The first-order chi connectivity index (χ1) is 37.0. The van der Waals surface area contributed by atoms with Crippen LogP contribution in [0.1, 0.15) is 16.7 Å². The lowest BCUT2D eigenvalue weighted by Crippen LogP contribution is -2.02. The molecule has 346 valence electrons. The third kappa shape index (κ3) is 8.48. The summed E-state index contributed by atoms with van der Waals surface area (Å²) in [5.41, 5.74) is 15.0. The van der Waals surface area contributed by atoms with Crippen molar-refractivity contribution in [3.63, 3.8) is 0 Å². The zero-order chi connectivity index (χ0) is 50.8. The summed E-state index contributed by atoms with van der Waals surface area (Å²) in [6.45, 7) is 8.14. The van der Waals surface area contributed by atoms with Crippen molar-refractivity contribution in [1.82, 2.24) is 24.5 Å². The van der Waals surface area contributed by atoms with E-state index in [9.17, 15) is 15.8 Å². The monoisotopic (exact) mass is 955 g/mol. The molecule has 0 atom stereocenters. The quantitative estimate of drug-likeness (QED) is 0.132. The minimum absolute atomic E-state index is 0.365. The van der Waals surface area contributed by atoms with Gasteiger partial charge in [0.2, 0.25) is 0 Å². The second-order valence-electron chi connectivity index (χ2n) is 17.9. The lowest BCUT2D eigenvalue weighted by molar-refractivity contribution is 1.14. The van der Waals surface area contributed by atoms with Crippen molar-refractivity contribution in [3.05, 3.63) is 253 Å². The van der Waals surface area contributed by atoms with Gasteiger partial charge in [0, 0.05) is 49.7 Å². The fraction of sp³-hybridized carbons (Fsp3) is 0. The minimum atomic E-state index is 0.365. The van der Waals surface area contributed by atoms with Crippen LogP contribution in [0, 0.1) is 40.6 Å². The summed E-state index contributed by atoms with van der Waals surface area (Å²) in [6.07, 6.45) is 0. The van der Waals surface area contributed by atoms with E-state index in [0.717, 1.165) is 89.1 Å². The van der Waals surface area contributed by atoms with Gasteiger partial charge >= 0.3 is 0 Å². The molecular weight excluding hydrogens is 919 g/mol. The zero-order valence-corrected chi connectivity index (χ0v) is 39.9. The number of nitriles is 3. The first kappa shape index (κ1) is 45.1. The number of rotatable bonds is 9. The third-order valence-corrected chi connectivity index (χ3v) is 13.4. The molecule has 0 amide bonds. The van der Waals surface area contributed by atoms with Crippen molar-refractivity contribution < 1.29 is 0 Å². The van der Waals surface area contributed by atoms with Gasteiger partial charge in [-0.1, -0.05) is 158 Å². The molecule has 0 aliphatic carbocycles. The highest BCUT2D eigenvalue weighted by Gasteiger charge is 2.23. The Morgan fingerprint density at radius 2 is 0.813 bits per heavy atom. The average Bonchev–Trinajstić information content (AvgIpc) is 3.87. The normalized spacial score (nSPS) is 10.9. The standard InChI is InChI=1S/C66H37N9/c1-70-60-33-43(40-68)23-28-53(60)49-25-30-55-54-29-24-48(52-27-22-42(39-67)32-51(52)41-69)35-63(54)75(64(55)36-49)62-31-26-50(66-72-57(44-14-6-2-7-15-44)37-58(73-66)45-16-8-3-9-17-45)34-56(62)61-38-59(46-18-10-4-11-19-46)71-65(74-61)47-20-12-5-13-21-47/h2-38H. The predicted molar refractivity (Wildman–Crippen MR) is 296 cm³/mol. The zero-order valence-electron chi connectivity index (χ0n) is 39.9. The molecule has 12 aromatic rings. The summed E-state index contributed by atoms with van der Waals surface area (Å²) >= 11 is 0. The van der Waals surface area contributed by atoms with Crippen molar-refractivity contribution in [2.75, 3.05) is 0 Å². The van der Waals surface area contributed by atoms with E-state index in [2.05, 4.69) is 64.0 Å². The van der Waals surface area contributed by atoms with E-state index in [1.54, 1.807) is 24.3 Å². The van der Waals surface area contributed by atoms with Crippen molar-refractivity contribution in [3.8, 4) is 114 Å². The molecular formula is C66H37N9. The van der Waals surface area contributed by atoms with Gasteiger partial charge < -0.3 is 4.57 Å². The Morgan fingerprint density at radius 1 is 0.360 bits per heavy atom. The fourth-order valence-corrected chi connectivity index (χ4v) is 9.73. The molecule has 9 aromatic carbocycles. The van der Waals surface area contributed by atoms with Crippen LogP contribution in [0.4, 0.5) is 5.69 Å². The Bertz CT molecular complexity index is 4140. The molecule has 0 radical (unpaired) electrons. The maximum absolute atomic E-state index is 10.4. The number of aromatic nitrogens is 5. The fourth-order valence-electron chi connectivity index (χ4n) is 9.73. The van der Waals surface area contributed by atoms with E-state index < -0.39 is 0 Å².